The maximum Gasteiger partial charge on any atom is 0.224 e. The topological polar surface area (TPSA) is 49.0 Å². The lowest BCUT2D eigenvalue weighted by atomic mass is 9.84. The first kappa shape index (κ1) is 21.7. The van der Waals surface area contributed by atoms with Crippen molar-refractivity contribution in [2.24, 2.45) is 0 Å². The average Bonchev–Trinajstić information content (AvgIpc) is 3.22. The zero-order chi connectivity index (χ0) is 22.8. The van der Waals surface area contributed by atoms with Crippen molar-refractivity contribution < 1.29 is 4.74 Å². The summed E-state index contributed by atoms with van der Waals surface area (Å²) in [7, 11) is 0. The van der Waals surface area contributed by atoms with Crippen LogP contribution in [0.15, 0.2) is 88.5 Å². The fourth-order valence-corrected chi connectivity index (χ4v) is 5.11. The van der Waals surface area contributed by atoms with Gasteiger partial charge in [-0.2, -0.15) is 0 Å². The molecule has 0 radical (unpaired) electrons. The van der Waals surface area contributed by atoms with E-state index >= 15 is 0 Å². The molecule has 33 heavy (non-hydrogen) atoms. The minimum absolute atomic E-state index is 0.0249. The Hall–Kier alpha value is -3.12. The molecule has 0 fully saturated rings. The van der Waals surface area contributed by atoms with E-state index in [1.807, 2.05) is 18.3 Å². The van der Waals surface area contributed by atoms with Crippen molar-refractivity contribution in [1.29, 1.82) is 0 Å². The molecule has 4 aromatic rings. The van der Waals surface area contributed by atoms with Crippen LogP contribution in [0.5, 0.6) is 5.75 Å². The van der Waals surface area contributed by atoms with Crippen LogP contribution >= 0.6 is 15.9 Å². The van der Waals surface area contributed by atoms with Gasteiger partial charge >= 0.3 is 0 Å². The summed E-state index contributed by atoms with van der Waals surface area (Å²) in [5.74, 6) is 1.22. The number of rotatable bonds is 7. The summed E-state index contributed by atoms with van der Waals surface area (Å²) >= 11 is 3.67. The molecule has 0 saturated carbocycles. The first-order valence-corrected chi connectivity index (χ1v) is 12.2. The molecular formula is C27H26BrN3O2. The highest BCUT2D eigenvalue weighted by Gasteiger charge is 2.35. The smallest absolute Gasteiger partial charge is 0.224 e. The third-order valence-corrected chi connectivity index (χ3v) is 6.91. The van der Waals surface area contributed by atoms with Crippen molar-refractivity contribution in [2.45, 2.75) is 38.3 Å². The van der Waals surface area contributed by atoms with Crippen molar-refractivity contribution in [3.63, 3.8) is 0 Å². The maximum absolute atomic E-state index is 12.9. The van der Waals surface area contributed by atoms with Crippen LogP contribution in [0.3, 0.4) is 0 Å². The number of unbranched alkanes of at least 4 members (excludes halogenated alkanes) is 1. The molecule has 0 amide bonds. The van der Waals surface area contributed by atoms with E-state index in [1.165, 1.54) is 11.1 Å². The molecular weight excluding hydrogens is 478 g/mol. The monoisotopic (exact) mass is 503 g/mol. The highest BCUT2D eigenvalue weighted by molar-refractivity contribution is 9.10. The summed E-state index contributed by atoms with van der Waals surface area (Å²) in [6, 6.07) is 22.8. The van der Waals surface area contributed by atoms with Gasteiger partial charge < -0.3 is 13.9 Å². The quantitative estimate of drug-likeness (QED) is 0.289. The lowest BCUT2D eigenvalue weighted by molar-refractivity contribution is 0.297. The summed E-state index contributed by atoms with van der Waals surface area (Å²) < 4.78 is 11.3. The van der Waals surface area contributed by atoms with Crippen molar-refractivity contribution in [3.05, 3.63) is 105 Å². The van der Waals surface area contributed by atoms with E-state index in [1.54, 1.807) is 12.3 Å². The highest BCUT2D eigenvalue weighted by atomic mass is 79.9. The van der Waals surface area contributed by atoms with E-state index in [0.717, 1.165) is 29.0 Å². The zero-order valence-electron chi connectivity index (χ0n) is 18.5. The minimum atomic E-state index is -0.111. The van der Waals surface area contributed by atoms with Gasteiger partial charge in [-0.3, -0.25) is 4.79 Å². The second-order valence-corrected chi connectivity index (χ2v) is 9.16. The van der Waals surface area contributed by atoms with Crippen molar-refractivity contribution in [2.75, 3.05) is 6.61 Å². The van der Waals surface area contributed by atoms with Crippen molar-refractivity contribution in [1.82, 2.24) is 14.1 Å². The average molecular weight is 504 g/mol. The number of pyridine rings is 1. The number of hydrogen-bond donors (Lipinski definition) is 0. The molecule has 1 atom stereocenters. The Bertz CT molecular complexity index is 1260. The number of imidazole rings is 1. The van der Waals surface area contributed by atoms with Crippen LogP contribution in [0, 0.1) is 0 Å². The summed E-state index contributed by atoms with van der Waals surface area (Å²) in [5, 5.41) is 0. The Morgan fingerprint density at radius 1 is 1.06 bits per heavy atom. The first-order chi connectivity index (χ1) is 16.2. The van der Waals surface area contributed by atoms with Gasteiger partial charge in [0.05, 0.1) is 18.8 Å². The third kappa shape index (κ3) is 4.04. The Morgan fingerprint density at radius 2 is 1.73 bits per heavy atom. The Labute approximate surface area is 201 Å². The van der Waals surface area contributed by atoms with Gasteiger partial charge in [0.2, 0.25) is 5.43 Å². The minimum Gasteiger partial charge on any atom is -0.487 e. The number of ether oxygens (including phenoxy) is 1. The van der Waals surface area contributed by atoms with E-state index in [0.29, 0.717) is 18.9 Å². The second kappa shape index (κ2) is 9.40. The molecule has 1 aliphatic heterocycles. The Balaban J connectivity index is 1.72. The van der Waals surface area contributed by atoms with Crippen LogP contribution in [0.25, 0.3) is 11.5 Å². The lowest BCUT2D eigenvalue weighted by Gasteiger charge is -2.36. The number of aromatic nitrogens is 3. The number of halogens is 1. The Kier molecular flexibility index (Phi) is 6.18. The maximum atomic E-state index is 12.9. The summed E-state index contributed by atoms with van der Waals surface area (Å²) in [6.45, 7) is 3.34. The second-order valence-electron chi connectivity index (χ2n) is 8.35. The molecule has 3 heterocycles. The first-order valence-electron chi connectivity index (χ1n) is 11.4. The molecule has 0 spiro atoms. The van der Waals surface area contributed by atoms with Gasteiger partial charge in [-0.1, -0.05) is 74.0 Å². The summed E-state index contributed by atoms with van der Waals surface area (Å²) in [4.78, 5) is 17.6. The molecule has 2 aromatic carbocycles. The SMILES string of the molecule is CCCCOc1c2n(ccc1=O)[C@@H](C(c1ccccc1)c1ccccc1)Cn1c(Br)cnc1-2. The molecule has 168 valence electrons. The van der Waals surface area contributed by atoms with E-state index in [2.05, 4.69) is 85.5 Å². The van der Waals surface area contributed by atoms with E-state index in [-0.39, 0.29) is 17.4 Å². The van der Waals surface area contributed by atoms with Crippen LogP contribution in [0.2, 0.25) is 0 Å². The number of fused-ring (bicyclic) bond motifs is 3. The van der Waals surface area contributed by atoms with Crippen molar-refractivity contribution in [3.8, 4) is 17.3 Å². The fraction of sp³-hybridized carbons (Fsp3) is 0.259. The predicted octanol–water partition coefficient (Wildman–Crippen LogP) is 6.04. The van der Waals surface area contributed by atoms with Crippen LogP contribution in [0.4, 0.5) is 0 Å². The normalized spacial score (nSPS) is 14.7. The number of nitrogens with zero attached hydrogens (tertiary/aromatic N) is 3. The molecule has 0 N–H and O–H groups in total. The fourth-order valence-electron chi connectivity index (χ4n) is 4.70. The van der Waals surface area contributed by atoms with E-state index in [4.69, 9.17) is 4.74 Å². The summed E-state index contributed by atoms with van der Waals surface area (Å²) in [5.41, 5.74) is 3.09. The van der Waals surface area contributed by atoms with Gasteiger partial charge in [0, 0.05) is 24.7 Å². The molecule has 0 bridgehead atoms. The van der Waals surface area contributed by atoms with E-state index in [9.17, 15) is 4.79 Å². The number of hydrogen-bond acceptors (Lipinski definition) is 3. The Morgan fingerprint density at radius 3 is 2.36 bits per heavy atom. The van der Waals surface area contributed by atoms with Gasteiger partial charge in [0.15, 0.2) is 11.6 Å². The molecule has 2 aromatic heterocycles. The summed E-state index contributed by atoms with van der Waals surface area (Å²) in [6.07, 6.45) is 5.60. The highest BCUT2D eigenvalue weighted by Crippen LogP contribution is 2.44. The van der Waals surface area contributed by atoms with Gasteiger partial charge in [0.25, 0.3) is 0 Å². The van der Waals surface area contributed by atoms with Gasteiger partial charge in [-0.15, -0.1) is 0 Å². The molecule has 0 aliphatic carbocycles. The van der Waals surface area contributed by atoms with Gasteiger partial charge in [0.1, 0.15) is 10.3 Å². The van der Waals surface area contributed by atoms with Gasteiger partial charge in [-0.25, -0.2) is 4.98 Å². The van der Waals surface area contributed by atoms with Gasteiger partial charge in [-0.05, 0) is 33.5 Å². The third-order valence-electron chi connectivity index (χ3n) is 6.28. The van der Waals surface area contributed by atoms with Crippen LogP contribution in [-0.2, 0) is 6.54 Å². The number of benzene rings is 2. The van der Waals surface area contributed by atoms with Crippen LogP contribution in [0.1, 0.15) is 42.9 Å². The van der Waals surface area contributed by atoms with E-state index < -0.39 is 0 Å². The molecule has 5 nitrogen and oxygen atoms in total. The largest absolute Gasteiger partial charge is 0.487 e. The lowest BCUT2D eigenvalue weighted by Crippen LogP contribution is -2.31. The van der Waals surface area contributed by atoms with Crippen LogP contribution < -0.4 is 10.2 Å². The molecule has 1 aliphatic rings. The van der Waals surface area contributed by atoms with Crippen LogP contribution in [-0.4, -0.2) is 20.7 Å². The molecule has 6 heteroatoms. The molecule has 0 unspecified atom stereocenters. The predicted molar refractivity (Wildman–Crippen MR) is 134 cm³/mol. The standard InChI is InChI=1S/C27H26BrN3O2/c1-2-3-16-33-26-22(32)14-15-30-21(18-31-23(28)17-29-27(31)25(26)30)24(19-10-6-4-7-11-19)20-12-8-5-9-13-20/h4-15,17,21,24H,2-3,16,18H2,1H3/t21-/m1/s1. The molecule has 0 saturated heterocycles. The van der Waals surface area contributed by atoms with Crippen molar-refractivity contribution >= 4 is 15.9 Å². The zero-order valence-corrected chi connectivity index (χ0v) is 20.1. The molecule has 5 rings (SSSR count).